The van der Waals surface area contributed by atoms with Crippen LogP contribution in [0.15, 0.2) is 72.8 Å². The molecule has 0 atom stereocenters. The molecule has 11 heteroatoms. The topological polar surface area (TPSA) is 141 Å². The van der Waals surface area contributed by atoms with Gasteiger partial charge < -0.3 is 15.4 Å². The van der Waals surface area contributed by atoms with Gasteiger partial charge in [0.25, 0.3) is 17.5 Å². The van der Waals surface area contributed by atoms with Gasteiger partial charge in [0.05, 0.1) is 34.7 Å². The molecule has 0 bridgehead atoms. The van der Waals surface area contributed by atoms with Crippen LogP contribution in [-0.4, -0.2) is 38.8 Å². The van der Waals surface area contributed by atoms with E-state index in [0.29, 0.717) is 22.8 Å². The van der Waals surface area contributed by atoms with E-state index in [1.54, 1.807) is 61.5 Å². The fourth-order valence-electron chi connectivity index (χ4n) is 3.39. The quantitative estimate of drug-likeness (QED) is 0.306. The van der Waals surface area contributed by atoms with Gasteiger partial charge in [-0.2, -0.15) is 0 Å². The fraction of sp³-hybridized carbons (Fsp3) is 0.0833. The van der Waals surface area contributed by atoms with E-state index in [9.17, 15) is 19.7 Å². The molecule has 1 heterocycles. The molecule has 176 valence electrons. The van der Waals surface area contributed by atoms with E-state index in [-0.39, 0.29) is 22.6 Å². The van der Waals surface area contributed by atoms with E-state index in [0.717, 1.165) is 0 Å². The number of anilines is 2. The molecule has 3 aromatic carbocycles. The summed E-state index contributed by atoms with van der Waals surface area (Å²) in [5.74, 6) is -0.418. The maximum atomic E-state index is 13.0. The summed E-state index contributed by atoms with van der Waals surface area (Å²) in [7, 11) is 1.53. The van der Waals surface area contributed by atoms with Crippen molar-refractivity contribution in [2.75, 3.05) is 17.7 Å². The van der Waals surface area contributed by atoms with Crippen LogP contribution in [0.4, 0.5) is 17.1 Å². The highest BCUT2D eigenvalue weighted by atomic mass is 16.6. The Kier molecular flexibility index (Phi) is 6.49. The second-order valence-electron chi connectivity index (χ2n) is 7.40. The minimum atomic E-state index is -0.583. The molecule has 0 saturated heterocycles. The molecule has 0 aliphatic rings. The molecule has 2 amide bonds. The molecule has 0 aliphatic carbocycles. The first-order valence-electron chi connectivity index (χ1n) is 10.4. The van der Waals surface area contributed by atoms with Gasteiger partial charge in [-0.25, -0.2) is 4.68 Å². The van der Waals surface area contributed by atoms with Gasteiger partial charge in [0.1, 0.15) is 5.75 Å². The van der Waals surface area contributed by atoms with E-state index in [1.807, 2.05) is 0 Å². The van der Waals surface area contributed by atoms with Crippen molar-refractivity contribution in [1.82, 2.24) is 15.0 Å². The Morgan fingerprint density at radius 1 is 0.971 bits per heavy atom. The minimum Gasteiger partial charge on any atom is -0.497 e. The third-order valence-corrected chi connectivity index (χ3v) is 5.14. The molecule has 1 aromatic heterocycles. The monoisotopic (exact) mass is 472 g/mol. The van der Waals surface area contributed by atoms with Crippen LogP contribution in [0.2, 0.25) is 0 Å². The number of rotatable bonds is 7. The highest BCUT2D eigenvalue weighted by molar-refractivity contribution is 6.12. The van der Waals surface area contributed by atoms with Gasteiger partial charge in [-0.15, -0.1) is 5.10 Å². The standard InChI is InChI=1S/C24H20N6O5/c1-15-22(27-28-29(15)17-8-6-9-18(14-17)30(33)34)24(32)26-21-12-4-3-11-20(21)23(31)25-16-7-5-10-19(13-16)35-2/h3-14H,1-2H3,(H,25,31)(H,26,32). The van der Waals surface area contributed by atoms with Crippen LogP contribution in [0.1, 0.15) is 26.5 Å². The molecule has 35 heavy (non-hydrogen) atoms. The number of hydrogen-bond acceptors (Lipinski definition) is 7. The lowest BCUT2D eigenvalue weighted by atomic mass is 10.1. The number of ether oxygens (including phenoxy) is 1. The molecule has 0 saturated carbocycles. The number of carbonyl (C=O) groups is 2. The van der Waals surface area contributed by atoms with Gasteiger partial charge in [0, 0.05) is 23.9 Å². The lowest BCUT2D eigenvalue weighted by molar-refractivity contribution is -0.384. The van der Waals surface area contributed by atoms with Crippen LogP contribution in [0.25, 0.3) is 5.69 Å². The Bertz CT molecular complexity index is 1430. The number of benzene rings is 3. The van der Waals surface area contributed by atoms with E-state index in [2.05, 4.69) is 20.9 Å². The Morgan fingerprint density at radius 3 is 2.51 bits per heavy atom. The van der Waals surface area contributed by atoms with E-state index in [1.165, 1.54) is 30.0 Å². The van der Waals surface area contributed by atoms with Crippen LogP contribution >= 0.6 is 0 Å². The largest absolute Gasteiger partial charge is 0.497 e. The SMILES string of the molecule is COc1cccc(NC(=O)c2ccccc2NC(=O)c2nnn(-c3cccc([N+](=O)[O-])c3)c2C)c1. The smallest absolute Gasteiger partial charge is 0.278 e. The van der Waals surface area contributed by atoms with Crippen molar-refractivity contribution in [2.24, 2.45) is 0 Å². The zero-order valence-electron chi connectivity index (χ0n) is 18.8. The van der Waals surface area contributed by atoms with Crippen LogP contribution in [0.3, 0.4) is 0 Å². The lowest BCUT2D eigenvalue weighted by Crippen LogP contribution is -2.19. The molecule has 11 nitrogen and oxygen atoms in total. The van der Waals surface area contributed by atoms with Gasteiger partial charge >= 0.3 is 0 Å². The Hall–Kier alpha value is -5.06. The average Bonchev–Trinajstić information content (AvgIpc) is 3.25. The van der Waals surface area contributed by atoms with Crippen LogP contribution in [-0.2, 0) is 0 Å². The highest BCUT2D eigenvalue weighted by Gasteiger charge is 2.21. The molecule has 4 aromatic rings. The first-order valence-corrected chi connectivity index (χ1v) is 10.4. The summed E-state index contributed by atoms with van der Waals surface area (Å²) in [4.78, 5) is 36.5. The summed E-state index contributed by atoms with van der Waals surface area (Å²) in [5.41, 5.74) is 1.72. The molecule has 4 rings (SSSR count). The number of hydrogen-bond donors (Lipinski definition) is 2. The van der Waals surface area contributed by atoms with Gasteiger partial charge in [0.2, 0.25) is 0 Å². The zero-order chi connectivity index (χ0) is 24.9. The number of para-hydroxylation sites is 1. The van der Waals surface area contributed by atoms with Crippen molar-refractivity contribution in [3.63, 3.8) is 0 Å². The molecule has 0 spiro atoms. The predicted octanol–water partition coefficient (Wildman–Crippen LogP) is 4.00. The Morgan fingerprint density at radius 2 is 1.74 bits per heavy atom. The zero-order valence-corrected chi connectivity index (χ0v) is 18.8. The summed E-state index contributed by atoms with van der Waals surface area (Å²) in [6.07, 6.45) is 0. The third kappa shape index (κ3) is 4.98. The lowest BCUT2D eigenvalue weighted by Gasteiger charge is -2.12. The number of aromatic nitrogens is 3. The molecule has 2 N–H and O–H groups in total. The summed E-state index contributed by atoms with van der Waals surface area (Å²) in [6, 6.07) is 19.3. The number of amides is 2. The molecular weight excluding hydrogens is 452 g/mol. The highest BCUT2D eigenvalue weighted by Crippen LogP contribution is 2.22. The fourth-order valence-corrected chi connectivity index (χ4v) is 3.39. The predicted molar refractivity (Wildman–Crippen MR) is 128 cm³/mol. The number of nitrogens with zero attached hydrogens (tertiary/aromatic N) is 4. The van der Waals surface area contributed by atoms with E-state index < -0.39 is 16.7 Å². The molecule has 0 radical (unpaired) electrons. The van der Waals surface area contributed by atoms with Crippen molar-refractivity contribution in [1.29, 1.82) is 0 Å². The second kappa shape index (κ2) is 9.83. The van der Waals surface area contributed by atoms with Gasteiger partial charge in [-0.05, 0) is 37.3 Å². The van der Waals surface area contributed by atoms with Gasteiger partial charge in [-0.1, -0.05) is 29.5 Å². The number of carbonyl (C=O) groups excluding carboxylic acids is 2. The Balaban J connectivity index is 1.56. The number of methoxy groups -OCH3 is 1. The third-order valence-electron chi connectivity index (χ3n) is 5.14. The van der Waals surface area contributed by atoms with Crippen molar-refractivity contribution >= 4 is 28.9 Å². The minimum absolute atomic E-state index is 0.0134. The number of non-ortho nitro benzene ring substituents is 1. The van der Waals surface area contributed by atoms with E-state index >= 15 is 0 Å². The summed E-state index contributed by atoms with van der Waals surface area (Å²) in [6.45, 7) is 1.62. The van der Waals surface area contributed by atoms with Crippen molar-refractivity contribution < 1.29 is 19.2 Å². The first kappa shape index (κ1) is 23.1. The Labute approximate surface area is 199 Å². The number of nitrogens with one attached hydrogen (secondary N) is 2. The van der Waals surface area contributed by atoms with Gasteiger partial charge in [-0.3, -0.25) is 19.7 Å². The average molecular weight is 472 g/mol. The summed E-state index contributed by atoms with van der Waals surface area (Å²) >= 11 is 0. The maximum Gasteiger partial charge on any atom is 0.278 e. The first-order chi connectivity index (χ1) is 16.9. The summed E-state index contributed by atoms with van der Waals surface area (Å²) < 4.78 is 6.51. The van der Waals surface area contributed by atoms with Crippen molar-refractivity contribution in [2.45, 2.75) is 6.92 Å². The molecule has 0 fully saturated rings. The molecular formula is C24H20N6O5. The molecule has 0 unspecified atom stereocenters. The molecule has 0 aliphatic heterocycles. The van der Waals surface area contributed by atoms with Crippen LogP contribution in [0.5, 0.6) is 5.75 Å². The van der Waals surface area contributed by atoms with Crippen LogP contribution in [0, 0.1) is 17.0 Å². The van der Waals surface area contributed by atoms with E-state index in [4.69, 9.17) is 4.74 Å². The normalized spacial score (nSPS) is 10.5. The maximum absolute atomic E-state index is 13.0. The second-order valence-corrected chi connectivity index (χ2v) is 7.40. The summed E-state index contributed by atoms with van der Waals surface area (Å²) in [5, 5.41) is 24.5. The number of nitro groups is 1. The van der Waals surface area contributed by atoms with Crippen molar-refractivity contribution in [3.8, 4) is 11.4 Å². The van der Waals surface area contributed by atoms with Crippen molar-refractivity contribution in [3.05, 3.63) is 99.9 Å². The van der Waals surface area contributed by atoms with Crippen LogP contribution < -0.4 is 15.4 Å². The van der Waals surface area contributed by atoms with Gasteiger partial charge in [0.15, 0.2) is 5.69 Å². The number of nitro benzene ring substituents is 1.